The van der Waals surface area contributed by atoms with Crippen molar-refractivity contribution in [1.82, 2.24) is 24.8 Å². The first kappa shape index (κ1) is 17.6. The Kier molecular flexibility index (Phi) is 5.11. The molecule has 0 saturated carbocycles. The zero-order valence-corrected chi connectivity index (χ0v) is 15.4. The van der Waals surface area contributed by atoms with Gasteiger partial charge in [-0.2, -0.15) is 5.10 Å². The van der Waals surface area contributed by atoms with Crippen LogP contribution < -0.4 is 5.56 Å². The summed E-state index contributed by atoms with van der Waals surface area (Å²) in [6.45, 7) is 5.38. The van der Waals surface area contributed by atoms with Crippen LogP contribution in [0.15, 0.2) is 52.0 Å². The molecule has 140 valence electrons. The summed E-state index contributed by atoms with van der Waals surface area (Å²) in [4.78, 5) is 18.7. The maximum absolute atomic E-state index is 12.2. The summed E-state index contributed by atoms with van der Waals surface area (Å²) >= 11 is 0. The second-order valence-corrected chi connectivity index (χ2v) is 7.12. The van der Waals surface area contributed by atoms with E-state index in [-0.39, 0.29) is 5.56 Å². The van der Waals surface area contributed by atoms with Crippen molar-refractivity contribution < 1.29 is 4.52 Å². The lowest BCUT2D eigenvalue weighted by Gasteiger charge is -2.31. The minimum absolute atomic E-state index is 0.0479. The molecular weight excluding hydrogens is 342 g/mol. The van der Waals surface area contributed by atoms with E-state index in [4.69, 9.17) is 4.52 Å². The summed E-state index contributed by atoms with van der Waals surface area (Å²) in [7, 11) is 0. The molecule has 0 spiro atoms. The molecule has 1 saturated heterocycles. The van der Waals surface area contributed by atoms with E-state index in [2.05, 4.69) is 20.1 Å². The molecule has 0 atom stereocenters. The van der Waals surface area contributed by atoms with Crippen molar-refractivity contribution in [3.63, 3.8) is 0 Å². The average Bonchev–Trinajstić information content (AvgIpc) is 3.10. The third-order valence-corrected chi connectivity index (χ3v) is 5.04. The van der Waals surface area contributed by atoms with Gasteiger partial charge in [-0.05, 0) is 57.0 Å². The van der Waals surface area contributed by atoms with Gasteiger partial charge in [0, 0.05) is 43.2 Å². The fraction of sp³-hybridized carbons (Fsp3) is 0.400. The van der Waals surface area contributed by atoms with Crippen molar-refractivity contribution in [2.24, 2.45) is 5.92 Å². The molecule has 3 aromatic heterocycles. The predicted octanol–water partition coefficient (Wildman–Crippen LogP) is 2.51. The highest BCUT2D eigenvalue weighted by molar-refractivity contribution is 5.56. The number of likely N-dealkylation sites (tertiary alicyclic amines) is 1. The van der Waals surface area contributed by atoms with Crippen molar-refractivity contribution in [2.45, 2.75) is 32.9 Å². The molecule has 1 aliphatic heterocycles. The van der Waals surface area contributed by atoms with Crippen LogP contribution in [0.3, 0.4) is 0 Å². The smallest absolute Gasteiger partial charge is 0.266 e. The number of nitrogens with zero attached hydrogens (tertiary/aromatic N) is 5. The minimum Gasteiger partial charge on any atom is -0.361 e. The topological polar surface area (TPSA) is 77.1 Å². The Bertz CT molecular complexity index is 942. The van der Waals surface area contributed by atoms with E-state index >= 15 is 0 Å². The summed E-state index contributed by atoms with van der Waals surface area (Å²) < 4.78 is 6.75. The van der Waals surface area contributed by atoms with Gasteiger partial charge in [-0.15, -0.1) is 0 Å². The van der Waals surface area contributed by atoms with Gasteiger partial charge in [0.05, 0.1) is 11.4 Å². The molecular formula is C20H23N5O2. The van der Waals surface area contributed by atoms with Crippen molar-refractivity contribution >= 4 is 0 Å². The molecule has 3 aromatic rings. The molecule has 1 fully saturated rings. The first-order chi connectivity index (χ1) is 13.2. The largest absolute Gasteiger partial charge is 0.361 e. The summed E-state index contributed by atoms with van der Waals surface area (Å²) in [6, 6.07) is 9.17. The molecule has 0 unspecified atom stereocenters. The summed E-state index contributed by atoms with van der Waals surface area (Å²) in [5, 5.41) is 8.64. The van der Waals surface area contributed by atoms with Crippen molar-refractivity contribution in [3.05, 3.63) is 64.5 Å². The van der Waals surface area contributed by atoms with Crippen molar-refractivity contribution in [1.29, 1.82) is 0 Å². The molecule has 0 amide bonds. The number of aryl methyl sites for hydroxylation is 1. The van der Waals surface area contributed by atoms with Gasteiger partial charge >= 0.3 is 0 Å². The normalized spacial score (nSPS) is 15.9. The lowest BCUT2D eigenvalue weighted by atomic mass is 9.96. The van der Waals surface area contributed by atoms with Crippen molar-refractivity contribution in [2.75, 3.05) is 13.1 Å². The van der Waals surface area contributed by atoms with Gasteiger partial charge in [-0.3, -0.25) is 14.7 Å². The minimum atomic E-state index is -0.0479. The monoisotopic (exact) mass is 365 g/mol. The van der Waals surface area contributed by atoms with Gasteiger partial charge in [0.15, 0.2) is 0 Å². The van der Waals surface area contributed by atoms with E-state index in [1.165, 1.54) is 0 Å². The van der Waals surface area contributed by atoms with Gasteiger partial charge in [-0.1, -0.05) is 5.16 Å². The van der Waals surface area contributed by atoms with E-state index < -0.39 is 0 Å². The molecule has 4 heterocycles. The molecule has 7 heteroatoms. The summed E-state index contributed by atoms with van der Waals surface area (Å²) in [5.41, 5.74) is 2.70. The van der Waals surface area contributed by atoms with Crippen LogP contribution in [0.2, 0.25) is 0 Å². The summed E-state index contributed by atoms with van der Waals surface area (Å²) in [5.74, 6) is 1.30. The molecule has 0 aromatic carbocycles. The van der Waals surface area contributed by atoms with E-state index in [0.717, 1.165) is 55.2 Å². The van der Waals surface area contributed by atoms with Crippen LogP contribution in [0.25, 0.3) is 11.3 Å². The second kappa shape index (κ2) is 7.84. The molecule has 0 radical (unpaired) electrons. The first-order valence-corrected chi connectivity index (χ1v) is 9.30. The van der Waals surface area contributed by atoms with E-state index in [0.29, 0.717) is 12.5 Å². The number of pyridine rings is 1. The lowest BCUT2D eigenvalue weighted by Crippen LogP contribution is -2.36. The van der Waals surface area contributed by atoms with Crippen LogP contribution in [-0.4, -0.2) is 37.9 Å². The van der Waals surface area contributed by atoms with Gasteiger partial charge in [-0.25, -0.2) is 4.68 Å². The number of hydrogen-bond acceptors (Lipinski definition) is 6. The van der Waals surface area contributed by atoms with Gasteiger partial charge < -0.3 is 4.52 Å². The fourth-order valence-corrected chi connectivity index (χ4v) is 3.55. The van der Waals surface area contributed by atoms with Gasteiger partial charge in [0.25, 0.3) is 5.56 Å². The number of piperidine rings is 1. The van der Waals surface area contributed by atoms with Crippen LogP contribution in [0.5, 0.6) is 0 Å². The van der Waals surface area contributed by atoms with Gasteiger partial charge in [0.1, 0.15) is 5.76 Å². The fourth-order valence-electron chi connectivity index (χ4n) is 3.55. The molecule has 27 heavy (non-hydrogen) atoms. The Hall–Kier alpha value is -2.80. The maximum Gasteiger partial charge on any atom is 0.266 e. The van der Waals surface area contributed by atoms with E-state index in [1.54, 1.807) is 29.2 Å². The highest BCUT2D eigenvalue weighted by atomic mass is 16.5. The van der Waals surface area contributed by atoms with E-state index in [9.17, 15) is 4.79 Å². The lowest BCUT2D eigenvalue weighted by molar-refractivity contribution is 0.160. The Labute approximate surface area is 157 Å². The number of rotatable bonds is 5. The van der Waals surface area contributed by atoms with Crippen LogP contribution in [0, 0.1) is 12.8 Å². The molecule has 0 bridgehead atoms. The third kappa shape index (κ3) is 4.31. The standard InChI is InChI=1S/C20H23N5O2/c1-15-12-18(23-27-15)14-24-10-6-16(7-11-24)13-25-20(26)3-2-19(22-25)17-4-8-21-9-5-17/h2-5,8-9,12,16H,6-7,10-11,13-14H2,1H3. The SMILES string of the molecule is Cc1cc(CN2CCC(Cn3nc(-c4ccncc4)ccc3=O)CC2)no1. The predicted molar refractivity (Wildman–Crippen MR) is 101 cm³/mol. The molecule has 0 N–H and O–H groups in total. The average molecular weight is 365 g/mol. The Morgan fingerprint density at radius 2 is 1.93 bits per heavy atom. The molecule has 7 nitrogen and oxygen atoms in total. The molecule has 0 aliphatic carbocycles. The number of aromatic nitrogens is 4. The number of hydrogen-bond donors (Lipinski definition) is 0. The molecule has 1 aliphatic rings. The van der Waals surface area contributed by atoms with E-state index in [1.807, 2.05) is 25.1 Å². The highest BCUT2D eigenvalue weighted by Crippen LogP contribution is 2.21. The zero-order valence-electron chi connectivity index (χ0n) is 15.4. The quantitative estimate of drug-likeness (QED) is 0.691. The van der Waals surface area contributed by atoms with Crippen LogP contribution in [-0.2, 0) is 13.1 Å². The highest BCUT2D eigenvalue weighted by Gasteiger charge is 2.21. The first-order valence-electron chi connectivity index (χ1n) is 9.30. The summed E-state index contributed by atoms with van der Waals surface area (Å²) in [6.07, 6.45) is 5.56. The van der Waals surface area contributed by atoms with Gasteiger partial charge in [0.2, 0.25) is 0 Å². The van der Waals surface area contributed by atoms with Crippen molar-refractivity contribution in [3.8, 4) is 11.3 Å². The maximum atomic E-state index is 12.2. The third-order valence-electron chi connectivity index (χ3n) is 5.04. The Morgan fingerprint density at radius 1 is 1.15 bits per heavy atom. The Balaban J connectivity index is 1.38. The Morgan fingerprint density at radius 3 is 2.63 bits per heavy atom. The zero-order chi connectivity index (χ0) is 18.6. The van der Waals surface area contributed by atoms with Crippen LogP contribution in [0.1, 0.15) is 24.3 Å². The second-order valence-electron chi connectivity index (χ2n) is 7.12. The molecule has 4 rings (SSSR count). The van der Waals surface area contributed by atoms with Crippen LogP contribution in [0.4, 0.5) is 0 Å². The van der Waals surface area contributed by atoms with Crippen LogP contribution >= 0.6 is 0 Å².